The molecule has 0 saturated carbocycles. The molecule has 0 aliphatic heterocycles. The van der Waals surface area contributed by atoms with Crippen LogP contribution in [0, 0.1) is 11.7 Å². The van der Waals surface area contributed by atoms with Crippen molar-refractivity contribution in [1.82, 2.24) is 5.32 Å². The number of carbonyl (C=O) groups is 3. The van der Waals surface area contributed by atoms with Crippen molar-refractivity contribution in [2.24, 2.45) is 5.92 Å². The smallest absolute Gasteiger partial charge is 0.319 e. The van der Waals surface area contributed by atoms with E-state index in [9.17, 15) is 18.8 Å². The molecule has 1 unspecified atom stereocenters. The standard InChI is InChI=1S/C20H23FN4O3/c1-12(2)18(25-20(28)23-14-7-5-4-6-8-14)19(27)24-17-11-15(22-13(3)26)9-10-16(17)21/h4-12,18H,1-3H3,(H,22,26)(H,24,27)(H2,23,25,28). The van der Waals surface area contributed by atoms with Crippen molar-refractivity contribution >= 4 is 34.9 Å². The summed E-state index contributed by atoms with van der Waals surface area (Å²) in [5.41, 5.74) is 0.837. The molecule has 0 bridgehead atoms. The van der Waals surface area contributed by atoms with Gasteiger partial charge in [-0.2, -0.15) is 0 Å². The van der Waals surface area contributed by atoms with Crippen LogP contribution in [-0.4, -0.2) is 23.9 Å². The molecule has 0 spiro atoms. The third-order valence-corrected chi connectivity index (χ3v) is 3.81. The maximum atomic E-state index is 14.1. The summed E-state index contributed by atoms with van der Waals surface area (Å²) in [7, 11) is 0. The lowest BCUT2D eigenvalue weighted by Crippen LogP contribution is -2.48. The van der Waals surface area contributed by atoms with Gasteiger partial charge in [-0.15, -0.1) is 0 Å². The van der Waals surface area contributed by atoms with Crippen molar-refractivity contribution in [2.45, 2.75) is 26.8 Å². The van der Waals surface area contributed by atoms with Gasteiger partial charge in [0.05, 0.1) is 5.69 Å². The third-order valence-electron chi connectivity index (χ3n) is 3.81. The number of anilines is 3. The van der Waals surface area contributed by atoms with Crippen molar-refractivity contribution in [3.63, 3.8) is 0 Å². The van der Waals surface area contributed by atoms with Crippen LogP contribution in [0.1, 0.15) is 20.8 Å². The molecule has 0 heterocycles. The highest BCUT2D eigenvalue weighted by atomic mass is 19.1. The number of hydrogen-bond donors (Lipinski definition) is 4. The Morgan fingerprint density at radius 2 is 1.57 bits per heavy atom. The number of urea groups is 1. The Balaban J connectivity index is 2.08. The first-order valence-electron chi connectivity index (χ1n) is 8.77. The van der Waals surface area contributed by atoms with E-state index in [1.807, 2.05) is 6.07 Å². The number of hydrogen-bond acceptors (Lipinski definition) is 3. The van der Waals surface area contributed by atoms with Crippen molar-refractivity contribution in [3.8, 4) is 0 Å². The number of halogens is 1. The van der Waals surface area contributed by atoms with E-state index >= 15 is 0 Å². The number of carbonyl (C=O) groups excluding carboxylic acids is 3. The highest BCUT2D eigenvalue weighted by Gasteiger charge is 2.25. The molecule has 1 atom stereocenters. The maximum absolute atomic E-state index is 14.1. The SMILES string of the molecule is CC(=O)Nc1ccc(F)c(NC(=O)C(NC(=O)Nc2ccccc2)C(C)C)c1. The van der Waals surface area contributed by atoms with Crippen molar-refractivity contribution in [2.75, 3.05) is 16.0 Å². The van der Waals surface area contributed by atoms with Gasteiger partial charge in [0.1, 0.15) is 11.9 Å². The fourth-order valence-corrected chi connectivity index (χ4v) is 2.48. The van der Waals surface area contributed by atoms with Gasteiger partial charge in [0.15, 0.2) is 0 Å². The van der Waals surface area contributed by atoms with E-state index in [4.69, 9.17) is 0 Å². The van der Waals surface area contributed by atoms with Crippen LogP contribution in [0.2, 0.25) is 0 Å². The highest BCUT2D eigenvalue weighted by molar-refractivity contribution is 6.00. The summed E-state index contributed by atoms with van der Waals surface area (Å²) in [6, 6.07) is 11.2. The Hall–Kier alpha value is -3.42. The largest absolute Gasteiger partial charge is 0.326 e. The quantitative estimate of drug-likeness (QED) is 0.611. The maximum Gasteiger partial charge on any atom is 0.319 e. The molecule has 148 valence electrons. The molecule has 0 radical (unpaired) electrons. The van der Waals surface area contributed by atoms with Gasteiger partial charge in [-0.1, -0.05) is 32.0 Å². The summed E-state index contributed by atoms with van der Waals surface area (Å²) in [5, 5.41) is 10.2. The van der Waals surface area contributed by atoms with Crippen LogP contribution < -0.4 is 21.3 Å². The predicted molar refractivity (Wildman–Crippen MR) is 107 cm³/mol. The van der Waals surface area contributed by atoms with Gasteiger partial charge in [0.25, 0.3) is 0 Å². The molecule has 7 nitrogen and oxygen atoms in total. The minimum Gasteiger partial charge on any atom is -0.326 e. The Morgan fingerprint density at radius 1 is 0.893 bits per heavy atom. The number of para-hydroxylation sites is 1. The van der Waals surface area contributed by atoms with E-state index in [1.165, 1.54) is 19.1 Å². The fourth-order valence-electron chi connectivity index (χ4n) is 2.48. The summed E-state index contributed by atoms with van der Waals surface area (Å²) in [6.45, 7) is 4.85. The molecule has 2 aromatic rings. The Bertz CT molecular complexity index is 856. The molecule has 28 heavy (non-hydrogen) atoms. The predicted octanol–water partition coefficient (Wildman–Crippen LogP) is 3.57. The lowest BCUT2D eigenvalue weighted by Gasteiger charge is -2.22. The van der Waals surface area contributed by atoms with Crippen LogP contribution in [0.15, 0.2) is 48.5 Å². The van der Waals surface area contributed by atoms with Crippen LogP contribution >= 0.6 is 0 Å². The second-order valence-electron chi connectivity index (χ2n) is 6.55. The fraction of sp³-hybridized carbons (Fsp3) is 0.250. The lowest BCUT2D eigenvalue weighted by molar-refractivity contribution is -0.118. The molecule has 4 amide bonds. The van der Waals surface area contributed by atoms with Gasteiger partial charge < -0.3 is 21.3 Å². The number of rotatable bonds is 6. The van der Waals surface area contributed by atoms with E-state index in [-0.39, 0.29) is 17.5 Å². The van der Waals surface area contributed by atoms with Crippen molar-refractivity contribution in [3.05, 3.63) is 54.3 Å². The van der Waals surface area contributed by atoms with E-state index < -0.39 is 23.8 Å². The summed E-state index contributed by atoms with van der Waals surface area (Å²) in [6.07, 6.45) is 0. The zero-order valence-corrected chi connectivity index (χ0v) is 15.9. The van der Waals surface area contributed by atoms with Gasteiger partial charge in [-0.3, -0.25) is 9.59 Å². The number of benzene rings is 2. The molecule has 0 aliphatic rings. The second-order valence-corrected chi connectivity index (χ2v) is 6.55. The Kier molecular flexibility index (Phi) is 7.08. The molecule has 0 aliphatic carbocycles. The number of nitrogens with one attached hydrogen (secondary N) is 4. The lowest BCUT2D eigenvalue weighted by atomic mass is 10.0. The van der Waals surface area contributed by atoms with E-state index in [1.54, 1.807) is 38.1 Å². The molecule has 0 aromatic heterocycles. The zero-order chi connectivity index (χ0) is 20.7. The van der Waals surface area contributed by atoms with Crippen molar-refractivity contribution < 1.29 is 18.8 Å². The van der Waals surface area contributed by atoms with E-state index in [0.29, 0.717) is 11.4 Å². The average molecular weight is 386 g/mol. The van der Waals surface area contributed by atoms with Gasteiger partial charge in [0.2, 0.25) is 11.8 Å². The minimum atomic E-state index is -0.896. The van der Waals surface area contributed by atoms with Gasteiger partial charge >= 0.3 is 6.03 Å². The van der Waals surface area contributed by atoms with Crippen LogP contribution in [0.3, 0.4) is 0 Å². The summed E-state index contributed by atoms with van der Waals surface area (Å²) < 4.78 is 14.1. The Morgan fingerprint density at radius 3 is 2.18 bits per heavy atom. The highest BCUT2D eigenvalue weighted by Crippen LogP contribution is 2.20. The van der Waals surface area contributed by atoms with Crippen molar-refractivity contribution in [1.29, 1.82) is 0 Å². The molecular weight excluding hydrogens is 363 g/mol. The first-order valence-corrected chi connectivity index (χ1v) is 8.77. The average Bonchev–Trinajstić information content (AvgIpc) is 2.62. The first-order chi connectivity index (χ1) is 13.3. The van der Waals surface area contributed by atoms with E-state index in [2.05, 4.69) is 21.3 Å². The van der Waals surface area contributed by atoms with Crippen LogP contribution in [0.25, 0.3) is 0 Å². The van der Waals surface area contributed by atoms with Gasteiger partial charge in [-0.05, 0) is 36.2 Å². The summed E-state index contributed by atoms with van der Waals surface area (Å²) in [4.78, 5) is 36.0. The molecule has 4 N–H and O–H groups in total. The topological polar surface area (TPSA) is 99.3 Å². The minimum absolute atomic E-state index is 0.0906. The normalized spacial score (nSPS) is 11.5. The van der Waals surface area contributed by atoms with Gasteiger partial charge in [0, 0.05) is 18.3 Å². The molecule has 0 fully saturated rings. The van der Waals surface area contributed by atoms with Crippen LogP contribution in [0.4, 0.5) is 26.2 Å². The Labute approximate surface area is 162 Å². The van der Waals surface area contributed by atoms with Crippen LogP contribution in [0.5, 0.6) is 0 Å². The molecular formula is C20H23FN4O3. The summed E-state index contributed by atoms with van der Waals surface area (Å²) >= 11 is 0. The number of amides is 4. The zero-order valence-electron chi connectivity index (χ0n) is 15.9. The van der Waals surface area contributed by atoms with Gasteiger partial charge in [-0.25, -0.2) is 9.18 Å². The second kappa shape index (κ2) is 9.50. The molecule has 2 aromatic carbocycles. The molecule has 0 saturated heterocycles. The monoisotopic (exact) mass is 386 g/mol. The molecule has 2 rings (SSSR count). The summed E-state index contributed by atoms with van der Waals surface area (Å²) in [5.74, 6) is -1.79. The first kappa shape index (κ1) is 20.9. The third kappa shape index (κ3) is 6.08. The van der Waals surface area contributed by atoms with Crippen LogP contribution in [-0.2, 0) is 9.59 Å². The molecule has 8 heteroatoms. The van der Waals surface area contributed by atoms with E-state index in [0.717, 1.165) is 6.07 Å².